The molecule has 1 unspecified atom stereocenters. The molecule has 0 aromatic heterocycles. The molecule has 1 fully saturated rings. The number of amides is 3. The number of nitrogens with one attached hydrogen (secondary N) is 1. The van der Waals surface area contributed by atoms with Gasteiger partial charge in [0.2, 0.25) is 11.8 Å². The minimum absolute atomic E-state index is 0.129. The molecular weight excluding hydrogens is 284 g/mol. The minimum Gasteiger partial charge on any atom is -0.481 e. The summed E-state index contributed by atoms with van der Waals surface area (Å²) in [7, 11) is 0. The molecule has 1 saturated heterocycles. The first-order valence-corrected chi connectivity index (χ1v) is 6.94. The van der Waals surface area contributed by atoms with Crippen molar-refractivity contribution in [2.75, 3.05) is 6.61 Å². The van der Waals surface area contributed by atoms with Crippen LogP contribution in [0.4, 0.5) is 0 Å². The van der Waals surface area contributed by atoms with Crippen LogP contribution in [0, 0.1) is 12.3 Å². The van der Waals surface area contributed by atoms with Crippen LogP contribution in [-0.4, -0.2) is 35.3 Å². The molecule has 2 aliphatic heterocycles. The van der Waals surface area contributed by atoms with Gasteiger partial charge >= 0.3 is 0 Å². The molecule has 2 heterocycles. The van der Waals surface area contributed by atoms with Crippen molar-refractivity contribution in [1.82, 2.24) is 10.2 Å². The number of imide groups is 1. The Balaban J connectivity index is 1.81. The van der Waals surface area contributed by atoms with Gasteiger partial charge < -0.3 is 9.64 Å². The number of fused-ring (bicyclic) bond motifs is 1. The van der Waals surface area contributed by atoms with Crippen LogP contribution in [0.1, 0.15) is 28.8 Å². The van der Waals surface area contributed by atoms with Gasteiger partial charge in [0.15, 0.2) is 0 Å². The molecule has 112 valence electrons. The summed E-state index contributed by atoms with van der Waals surface area (Å²) in [6.45, 7) is 0.486. The van der Waals surface area contributed by atoms with Crippen molar-refractivity contribution in [3.63, 3.8) is 0 Å². The third-order valence-corrected chi connectivity index (χ3v) is 3.82. The largest absolute Gasteiger partial charge is 0.481 e. The first-order chi connectivity index (χ1) is 10.6. The Kier molecular flexibility index (Phi) is 3.55. The highest BCUT2D eigenvalue weighted by molar-refractivity contribution is 6.05. The average Bonchev–Trinajstić information content (AvgIpc) is 2.82. The lowest BCUT2D eigenvalue weighted by molar-refractivity contribution is -0.136. The summed E-state index contributed by atoms with van der Waals surface area (Å²) in [6.07, 6.45) is 5.74. The van der Waals surface area contributed by atoms with Crippen molar-refractivity contribution in [3.8, 4) is 18.1 Å². The summed E-state index contributed by atoms with van der Waals surface area (Å²) in [5, 5.41) is 2.27. The van der Waals surface area contributed by atoms with E-state index in [1.54, 1.807) is 18.2 Å². The van der Waals surface area contributed by atoms with E-state index in [-0.39, 0.29) is 24.8 Å². The number of hydrogen-bond donors (Lipinski definition) is 1. The van der Waals surface area contributed by atoms with Gasteiger partial charge in [-0.2, -0.15) is 0 Å². The third kappa shape index (κ3) is 2.42. The Labute approximate surface area is 127 Å². The molecule has 0 saturated carbocycles. The zero-order valence-corrected chi connectivity index (χ0v) is 11.8. The second-order valence-corrected chi connectivity index (χ2v) is 5.21. The summed E-state index contributed by atoms with van der Waals surface area (Å²) in [5.41, 5.74) is 1.35. The maximum absolute atomic E-state index is 12.5. The molecule has 1 aromatic carbocycles. The summed E-state index contributed by atoms with van der Waals surface area (Å²) in [5.74, 6) is 1.95. The van der Waals surface area contributed by atoms with E-state index in [0.29, 0.717) is 24.3 Å². The van der Waals surface area contributed by atoms with Crippen molar-refractivity contribution in [3.05, 3.63) is 29.3 Å². The smallest absolute Gasteiger partial charge is 0.255 e. The van der Waals surface area contributed by atoms with E-state index in [2.05, 4.69) is 11.2 Å². The third-order valence-electron chi connectivity index (χ3n) is 3.82. The summed E-state index contributed by atoms with van der Waals surface area (Å²) < 4.78 is 5.31. The van der Waals surface area contributed by atoms with E-state index < -0.39 is 11.9 Å². The van der Waals surface area contributed by atoms with Crippen molar-refractivity contribution in [1.29, 1.82) is 0 Å². The first-order valence-electron chi connectivity index (χ1n) is 6.94. The van der Waals surface area contributed by atoms with Gasteiger partial charge in [0, 0.05) is 18.5 Å². The number of benzene rings is 1. The Morgan fingerprint density at radius 3 is 2.91 bits per heavy atom. The Morgan fingerprint density at radius 2 is 2.18 bits per heavy atom. The fourth-order valence-electron chi connectivity index (χ4n) is 2.75. The lowest BCUT2D eigenvalue weighted by atomic mass is 10.0. The second-order valence-electron chi connectivity index (χ2n) is 5.21. The number of piperidine rings is 1. The molecule has 1 aromatic rings. The highest BCUT2D eigenvalue weighted by Gasteiger charge is 2.39. The van der Waals surface area contributed by atoms with E-state index >= 15 is 0 Å². The molecular formula is C16H14N2O4. The highest BCUT2D eigenvalue weighted by Crippen LogP contribution is 2.30. The van der Waals surface area contributed by atoms with Gasteiger partial charge in [-0.3, -0.25) is 19.7 Å². The van der Waals surface area contributed by atoms with Crippen LogP contribution in [0.25, 0.3) is 0 Å². The lowest BCUT2D eigenvalue weighted by Gasteiger charge is -2.29. The standard InChI is InChI=1S/C16H14N2O4/c1-2-7-22-11-4-3-10-9-18(16(21)12(10)8-11)13-5-6-14(19)17-15(13)20/h1,3-4,8,13H,5-7,9H2,(H,17,19,20). The van der Waals surface area contributed by atoms with Crippen molar-refractivity contribution >= 4 is 17.7 Å². The normalized spacial score (nSPS) is 20.4. The van der Waals surface area contributed by atoms with E-state index in [0.717, 1.165) is 5.56 Å². The quantitative estimate of drug-likeness (QED) is 0.650. The lowest BCUT2D eigenvalue weighted by Crippen LogP contribution is -2.52. The predicted molar refractivity (Wildman–Crippen MR) is 76.8 cm³/mol. The molecule has 0 spiro atoms. The summed E-state index contributed by atoms with van der Waals surface area (Å²) in [4.78, 5) is 37.1. The van der Waals surface area contributed by atoms with Crippen LogP contribution >= 0.6 is 0 Å². The number of ether oxygens (including phenoxy) is 1. The van der Waals surface area contributed by atoms with Gasteiger partial charge in [0.05, 0.1) is 0 Å². The first kappa shape index (κ1) is 14.1. The van der Waals surface area contributed by atoms with Crippen LogP contribution < -0.4 is 10.1 Å². The molecule has 1 atom stereocenters. The molecule has 3 amide bonds. The molecule has 6 heteroatoms. The molecule has 22 heavy (non-hydrogen) atoms. The number of hydrogen-bond acceptors (Lipinski definition) is 4. The number of carbonyl (C=O) groups excluding carboxylic acids is 3. The fourth-order valence-corrected chi connectivity index (χ4v) is 2.75. The van der Waals surface area contributed by atoms with Gasteiger partial charge in [0.1, 0.15) is 18.4 Å². The van der Waals surface area contributed by atoms with Crippen LogP contribution in [-0.2, 0) is 16.1 Å². The molecule has 0 aliphatic carbocycles. The molecule has 0 radical (unpaired) electrons. The molecule has 3 rings (SSSR count). The maximum Gasteiger partial charge on any atom is 0.255 e. The van der Waals surface area contributed by atoms with E-state index in [1.807, 2.05) is 0 Å². The maximum atomic E-state index is 12.5. The van der Waals surface area contributed by atoms with Crippen LogP contribution in [0.5, 0.6) is 5.75 Å². The zero-order valence-electron chi connectivity index (χ0n) is 11.8. The van der Waals surface area contributed by atoms with Gasteiger partial charge in [-0.05, 0) is 24.1 Å². The Morgan fingerprint density at radius 1 is 1.36 bits per heavy atom. The number of nitrogens with zero attached hydrogens (tertiary/aromatic N) is 1. The molecule has 6 nitrogen and oxygen atoms in total. The van der Waals surface area contributed by atoms with Crippen molar-refractivity contribution in [2.45, 2.75) is 25.4 Å². The number of carbonyl (C=O) groups is 3. The van der Waals surface area contributed by atoms with Crippen LogP contribution in [0.15, 0.2) is 18.2 Å². The van der Waals surface area contributed by atoms with Gasteiger partial charge in [-0.25, -0.2) is 0 Å². The predicted octanol–water partition coefficient (Wildman–Crippen LogP) is 0.460. The number of rotatable bonds is 3. The molecule has 2 aliphatic rings. The highest BCUT2D eigenvalue weighted by atomic mass is 16.5. The second kappa shape index (κ2) is 5.53. The average molecular weight is 298 g/mol. The van der Waals surface area contributed by atoms with E-state index in [9.17, 15) is 14.4 Å². The van der Waals surface area contributed by atoms with Gasteiger partial charge in [-0.15, -0.1) is 6.42 Å². The monoisotopic (exact) mass is 298 g/mol. The SMILES string of the molecule is C#CCOc1ccc2c(c1)C(=O)N(C1CCC(=O)NC1=O)C2. The molecule has 0 bridgehead atoms. The van der Waals surface area contributed by atoms with Crippen molar-refractivity contribution in [2.24, 2.45) is 0 Å². The van der Waals surface area contributed by atoms with E-state index in [1.165, 1.54) is 4.90 Å². The van der Waals surface area contributed by atoms with Crippen LogP contribution in [0.2, 0.25) is 0 Å². The topological polar surface area (TPSA) is 75.7 Å². The van der Waals surface area contributed by atoms with Crippen molar-refractivity contribution < 1.29 is 19.1 Å². The van der Waals surface area contributed by atoms with Gasteiger partial charge in [-0.1, -0.05) is 12.0 Å². The van der Waals surface area contributed by atoms with E-state index in [4.69, 9.17) is 11.2 Å². The summed E-state index contributed by atoms with van der Waals surface area (Å²) >= 11 is 0. The Hall–Kier alpha value is -2.81. The Bertz CT molecular complexity index is 705. The zero-order chi connectivity index (χ0) is 15.7. The van der Waals surface area contributed by atoms with Gasteiger partial charge in [0.25, 0.3) is 5.91 Å². The minimum atomic E-state index is -0.604. The fraction of sp³-hybridized carbons (Fsp3) is 0.312. The van der Waals surface area contributed by atoms with Crippen LogP contribution in [0.3, 0.4) is 0 Å². The summed E-state index contributed by atoms with van der Waals surface area (Å²) in [6, 6.07) is 4.58. The molecule has 1 N–H and O–H groups in total. The number of terminal acetylenes is 1.